The summed E-state index contributed by atoms with van der Waals surface area (Å²) < 4.78 is 1.05. The molecule has 0 atom stereocenters. The summed E-state index contributed by atoms with van der Waals surface area (Å²) in [5, 5.41) is 12.2. The largest absolute Gasteiger partial charge is 0.380 e. The standard InChI is InChI=1S/C15H13BrN2/c1-11-5-6-14(16)15(7-11)18-10-13-4-2-3-12(8-13)9-17/h2-8,18H,10H2,1H3. The minimum absolute atomic E-state index is 0.692. The maximum absolute atomic E-state index is 8.85. The van der Waals surface area contributed by atoms with Crippen molar-refractivity contribution in [1.82, 2.24) is 0 Å². The van der Waals surface area contributed by atoms with Gasteiger partial charge in [-0.1, -0.05) is 18.2 Å². The van der Waals surface area contributed by atoms with Crippen LogP contribution in [-0.2, 0) is 6.54 Å². The third-order valence-corrected chi connectivity index (χ3v) is 3.35. The van der Waals surface area contributed by atoms with Crippen LogP contribution in [-0.4, -0.2) is 0 Å². The van der Waals surface area contributed by atoms with E-state index < -0.39 is 0 Å². The molecule has 2 rings (SSSR count). The van der Waals surface area contributed by atoms with Gasteiger partial charge in [0.25, 0.3) is 0 Å². The number of hydrogen-bond donors (Lipinski definition) is 1. The molecule has 0 bridgehead atoms. The van der Waals surface area contributed by atoms with Gasteiger partial charge < -0.3 is 5.32 Å². The fourth-order valence-corrected chi connectivity index (χ4v) is 2.11. The molecule has 0 amide bonds. The first kappa shape index (κ1) is 12.7. The van der Waals surface area contributed by atoms with Crippen LogP contribution in [0.3, 0.4) is 0 Å². The molecule has 0 saturated heterocycles. The van der Waals surface area contributed by atoms with Crippen molar-refractivity contribution >= 4 is 21.6 Å². The van der Waals surface area contributed by atoms with Gasteiger partial charge in [0, 0.05) is 16.7 Å². The normalized spacial score (nSPS) is 9.83. The number of nitriles is 1. The summed E-state index contributed by atoms with van der Waals surface area (Å²) in [6.07, 6.45) is 0. The molecule has 1 N–H and O–H groups in total. The van der Waals surface area contributed by atoms with Gasteiger partial charge in [-0.3, -0.25) is 0 Å². The Bertz CT molecular complexity index is 600. The maximum atomic E-state index is 8.85. The zero-order valence-corrected chi connectivity index (χ0v) is 11.7. The molecule has 0 saturated carbocycles. The third-order valence-electron chi connectivity index (χ3n) is 2.66. The first-order valence-electron chi connectivity index (χ1n) is 5.68. The maximum Gasteiger partial charge on any atom is 0.0991 e. The molecule has 2 aromatic rings. The number of anilines is 1. The number of halogens is 1. The van der Waals surface area contributed by atoms with Crippen LogP contribution in [0, 0.1) is 18.3 Å². The van der Waals surface area contributed by atoms with E-state index in [-0.39, 0.29) is 0 Å². The average Bonchev–Trinajstić information content (AvgIpc) is 2.40. The van der Waals surface area contributed by atoms with Crippen molar-refractivity contribution in [2.45, 2.75) is 13.5 Å². The predicted molar refractivity (Wildman–Crippen MR) is 77.4 cm³/mol. The molecular formula is C15H13BrN2. The van der Waals surface area contributed by atoms with Crippen LogP contribution in [0.25, 0.3) is 0 Å². The number of nitrogens with one attached hydrogen (secondary N) is 1. The van der Waals surface area contributed by atoms with Crippen molar-refractivity contribution in [2.75, 3.05) is 5.32 Å². The molecule has 2 aromatic carbocycles. The monoisotopic (exact) mass is 300 g/mol. The van der Waals surface area contributed by atoms with Gasteiger partial charge in [0.1, 0.15) is 0 Å². The molecule has 18 heavy (non-hydrogen) atoms. The minimum Gasteiger partial charge on any atom is -0.380 e. The van der Waals surface area contributed by atoms with Crippen LogP contribution in [0.15, 0.2) is 46.9 Å². The van der Waals surface area contributed by atoms with Crippen LogP contribution in [0.2, 0.25) is 0 Å². The van der Waals surface area contributed by atoms with Crippen LogP contribution >= 0.6 is 15.9 Å². The van der Waals surface area contributed by atoms with Gasteiger partial charge in [-0.15, -0.1) is 0 Å². The van der Waals surface area contributed by atoms with Crippen LogP contribution in [0.1, 0.15) is 16.7 Å². The topological polar surface area (TPSA) is 35.8 Å². The molecule has 0 unspecified atom stereocenters. The summed E-state index contributed by atoms with van der Waals surface area (Å²) in [6, 6.07) is 16.0. The highest BCUT2D eigenvalue weighted by Gasteiger charge is 2.00. The van der Waals surface area contributed by atoms with E-state index in [0.29, 0.717) is 12.1 Å². The van der Waals surface area contributed by atoms with E-state index in [1.807, 2.05) is 30.3 Å². The highest BCUT2D eigenvalue weighted by molar-refractivity contribution is 9.10. The molecule has 0 aliphatic heterocycles. The highest BCUT2D eigenvalue weighted by atomic mass is 79.9. The molecule has 0 aromatic heterocycles. The van der Waals surface area contributed by atoms with Crippen molar-refractivity contribution < 1.29 is 0 Å². The van der Waals surface area contributed by atoms with Crippen molar-refractivity contribution in [3.05, 3.63) is 63.6 Å². The molecule has 0 radical (unpaired) electrons. The Labute approximate surface area is 115 Å². The van der Waals surface area contributed by atoms with E-state index in [0.717, 1.165) is 15.7 Å². The summed E-state index contributed by atoms with van der Waals surface area (Å²) in [5.74, 6) is 0. The fraction of sp³-hybridized carbons (Fsp3) is 0.133. The second-order valence-electron chi connectivity index (χ2n) is 4.15. The van der Waals surface area contributed by atoms with E-state index in [1.165, 1.54) is 5.56 Å². The van der Waals surface area contributed by atoms with Gasteiger partial charge in [-0.2, -0.15) is 5.26 Å². The molecule has 0 aliphatic rings. The predicted octanol–water partition coefficient (Wildman–Crippen LogP) is 4.24. The Morgan fingerprint density at radius 2 is 2.06 bits per heavy atom. The number of rotatable bonds is 3. The summed E-state index contributed by atoms with van der Waals surface area (Å²) in [5.41, 5.74) is 4.07. The smallest absolute Gasteiger partial charge is 0.0991 e. The Kier molecular flexibility index (Phi) is 4.01. The van der Waals surface area contributed by atoms with Gasteiger partial charge in [-0.25, -0.2) is 0 Å². The van der Waals surface area contributed by atoms with E-state index in [2.05, 4.69) is 46.4 Å². The van der Waals surface area contributed by atoms with E-state index in [9.17, 15) is 0 Å². The van der Waals surface area contributed by atoms with Crippen LogP contribution < -0.4 is 5.32 Å². The minimum atomic E-state index is 0.692. The molecule has 3 heteroatoms. The summed E-state index contributed by atoms with van der Waals surface area (Å²) >= 11 is 3.52. The van der Waals surface area contributed by atoms with Crippen molar-refractivity contribution in [3.63, 3.8) is 0 Å². The Morgan fingerprint density at radius 3 is 2.83 bits per heavy atom. The average molecular weight is 301 g/mol. The first-order chi connectivity index (χ1) is 8.69. The van der Waals surface area contributed by atoms with Gasteiger partial charge in [0.2, 0.25) is 0 Å². The zero-order valence-electron chi connectivity index (χ0n) is 10.1. The number of benzene rings is 2. The SMILES string of the molecule is Cc1ccc(Br)c(NCc2cccc(C#N)c2)c1. The molecule has 2 nitrogen and oxygen atoms in total. The second-order valence-corrected chi connectivity index (χ2v) is 5.00. The summed E-state index contributed by atoms with van der Waals surface area (Å²) in [4.78, 5) is 0. The number of hydrogen-bond acceptors (Lipinski definition) is 2. The van der Waals surface area contributed by atoms with Gasteiger partial charge in [-0.05, 0) is 58.2 Å². The molecule has 0 heterocycles. The molecule has 90 valence electrons. The second kappa shape index (κ2) is 5.70. The van der Waals surface area contributed by atoms with Crippen molar-refractivity contribution in [1.29, 1.82) is 5.26 Å². The zero-order chi connectivity index (χ0) is 13.0. The quantitative estimate of drug-likeness (QED) is 0.920. The third kappa shape index (κ3) is 3.12. The Morgan fingerprint density at radius 1 is 1.22 bits per heavy atom. The van der Waals surface area contributed by atoms with Gasteiger partial charge in [0.15, 0.2) is 0 Å². The van der Waals surface area contributed by atoms with Crippen molar-refractivity contribution in [2.24, 2.45) is 0 Å². The van der Waals surface area contributed by atoms with Gasteiger partial charge in [0.05, 0.1) is 11.6 Å². The summed E-state index contributed by atoms with van der Waals surface area (Å²) in [6.45, 7) is 2.77. The van der Waals surface area contributed by atoms with E-state index in [4.69, 9.17) is 5.26 Å². The van der Waals surface area contributed by atoms with Gasteiger partial charge >= 0.3 is 0 Å². The highest BCUT2D eigenvalue weighted by Crippen LogP contribution is 2.23. The Balaban J connectivity index is 2.11. The summed E-state index contributed by atoms with van der Waals surface area (Å²) in [7, 11) is 0. The van der Waals surface area contributed by atoms with E-state index in [1.54, 1.807) is 0 Å². The number of nitrogens with zero attached hydrogens (tertiary/aromatic N) is 1. The first-order valence-corrected chi connectivity index (χ1v) is 6.47. The lowest BCUT2D eigenvalue weighted by molar-refractivity contribution is 1.14. The fourth-order valence-electron chi connectivity index (χ4n) is 1.72. The van der Waals surface area contributed by atoms with Crippen molar-refractivity contribution in [3.8, 4) is 6.07 Å². The lowest BCUT2D eigenvalue weighted by Gasteiger charge is -2.09. The molecular weight excluding hydrogens is 288 g/mol. The molecule has 0 spiro atoms. The lowest BCUT2D eigenvalue weighted by atomic mass is 10.1. The molecule has 0 aliphatic carbocycles. The number of aryl methyl sites for hydroxylation is 1. The van der Waals surface area contributed by atoms with Crippen LogP contribution in [0.5, 0.6) is 0 Å². The lowest BCUT2D eigenvalue weighted by Crippen LogP contribution is -2.00. The molecule has 0 fully saturated rings. The van der Waals surface area contributed by atoms with Crippen LogP contribution in [0.4, 0.5) is 5.69 Å². The van der Waals surface area contributed by atoms with E-state index >= 15 is 0 Å². The Hall–Kier alpha value is -1.79.